The fourth-order valence-electron chi connectivity index (χ4n) is 14.5. The lowest BCUT2D eigenvalue weighted by Crippen LogP contribution is -2.14. The highest BCUT2D eigenvalue weighted by Gasteiger charge is 2.23. The summed E-state index contributed by atoms with van der Waals surface area (Å²) in [6.45, 7) is 9.18. The van der Waals surface area contributed by atoms with Gasteiger partial charge >= 0.3 is 0 Å². The molecule has 0 radical (unpaired) electrons. The van der Waals surface area contributed by atoms with Crippen molar-refractivity contribution in [1.29, 1.82) is 0 Å². The van der Waals surface area contributed by atoms with Crippen molar-refractivity contribution in [2.24, 2.45) is 0 Å². The van der Waals surface area contributed by atoms with Crippen LogP contribution in [-0.2, 0) is 13.1 Å². The summed E-state index contributed by atoms with van der Waals surface area (Å²) < 4.78 is 0. The van der Waals surface area contributed by atoms with Gasteiger partial charge in [-0.2, -0.15) is 49.8 Å². The van der Waals surface area contributed by atoms with Gasteiger partial charge in [-0.15, -0.1) is 0 Å². The number of hydrogen-bond donors (Lipinski definition) is 18. The van der Waals surface area contributed by atoms with Gasteiger partial charge in [-0.05, 0) is 128 Å². The molecule has 710 valence electrons. The second-order valence-corrected chi connectivity index (χ2v) is 32.0. The van der Waals surface area contributed by atoms with Gasteiger partial charge in [-0.1, -0.05) is 170 Å². The average molecular weight is 1900 g/mol. The summed E-state index contributed by atoms with van der Waals surface area (Å²) in [5, 5.41) is 64.7. The Bertz CT molecular complexity index is 8430. The number of aryl methyl sites for hydroxylation is 4. The largest absolute Gasteiger partial charge is 0.508 e. The van der Waals surface area contributed by atoms with E-state index in [0.29, 0.717) is 119 Å². The van der Waals surface area contributed by atoms with Crippen LogP contribution in [-0.4, -0.2) is 150 Å². The molecule has 29 N–H and O–H groups in total. The van der Waals surface area contributed by atoms with E-state index in [9.17, 15) is 30.6 Å². The first-order chi connectivity index (χ1) is 68.4. The Morgan fingerprint density at radius 3 is 1.07 bits per heavy atom. The maximum atomic E-state index is 10.1. The molecule has 10 aromatic carbocycles. The zero-order valence-electron chi connectivity index (χ0n) is 75.9. The fraction of sp³-hybridized carbons (Fsp3) is 0.0693. The van der Waals surface area contributed by atoms with Crippen molar-refractivity contribution in [2.75, 3.05) is 63.1 Å². The van der Waals surface area contributed by atoms with E-state index in [4.69, 9.17) is 63.1 Å². The monoisotopic (exact) mass is 1900 g/mol. The van der Waals surface area contributed by atoms with E-state index >= 15 is 0 Å². The molecule has 12 aromatic heterocycles. The summed E-state index contributed by atoms with van der Waals surface area (Å²) in [6, 6.07) is 68.2. The number of benzene rings is 10. The number of rotatable bonds is 12. The molecule has 0 aliphatic heterocycles. The third kappa shape index (κ3) is 22.1. The summed E-state index contributed by atoms with van der Waals surface area (Å²) in [5.41, 5.74) is 84.5. The SMILES string of the molecule is C.Cc1ccc(-c2cnc3nc(N)nc(N)c3n2)cc1.Cc1ccc(-c2cnc3nc(N)nc(N)c3n2)cc1.Cc1ccc(-c2nc3nc(N)nc(N)c3nc2-c2ccc(O)c(O)c2)cc1O.Cc1ccc(-c2nc3ncnc(N)c3nc2-c2ccc(O)cc2)cc1.Nc1nc(N)c2nc(-c3cccc(O)c3)c(-c3cccc(O)c3)nc2n1.Nc1nc(N)c2nc(CNCc3ccc4ccccc4c3)cnc2n1. The first-order valence-electron chi connectivity index (χ1n) is 43.2. The zero-order chi connectivity index (χ0) is 99.7. The Hall–Kier alpha value is -20.5. The molecule has 0 atom stereocenters. The number of phenolic OH excluding ortho intramolecular Hbond substituents is 6. The van der Waals surface area contributed by atoms with E-state index in [-0.39, 0.29) is 123 Å². The van der Waals surface area contributed by atoms with Crippen LogP contribution in [0.4, 0.5) is 64.6 Å². The van der Waals surface area contributed by atoms with Gasteiger partial charge in [0.25, 0.3) is 0 Å². The number of nitrogens with one attached hydrogen (secondary N) is 1. The van der Waals surface area contributed by atoms with Gasteiger partial charge in [0.1, 0.15) is 29.3 Å². The lowest BCUT2D eigenvalue weighted by Gasteiger charge is -2.12. The lowest BCUT2D eigenvalue weighted by molar-refractivity contribution is 0.404. The number of nitrogen functional groups attached to an aromatic ring is 11. The van der Waals surface area contributed by atoms with Crippen LogP contribution in [0.1, 0.15) is 40.9 Å². The molecule has 0 amide bonds. The fourth-order valence-corrected chi connectivity index (χ4v) is 14.5. The maximum absolute atomic E-state index is 10.1. The number of nitrogens with zero attached hydrogens (tertiary/aromatic N) is 24. The van der Waals surface area contributed by atoms with E-state index in [2.05, 4.69) is 155 Å². The van der Waals surface area contributed by atoms with Gasteiger partial charge in [0.15, 0.2) is 113 Å². The van der Waals surface area contributed by atoms with Crippen molar-refractivity contribution in [2.45, 2.75) is 48.2 Å². The molecule has 0 fully saturated rings. The van der Waals surface area contributed by atoms with Crippen LogP contribution in [0.3, 0.4) is 0 Å². The minimum absolute atomic E-state index is 0. The first kappa shape index (κ1) is 95.7. The minimum atomic E-state index is -0.307. The van der Waals surface area contributed by atoms with Crippen LogP contribution in [0.2, 0.25) is 0 Å². The molecule has 0 spiro atoms. The molecule has 42 heteroatoms. The molecule has 143 heavy (non-hydrogen) atoms. The molecular formula is C101H90N36O6. The Morgan fingerprint density at radius 1 is 0.245 bits per heavy atom. The summed E-state index contributed by atoms with van der Waals surface area (Å²) >= 11 is 0. The second kappa shape index (κ2) is 41.4. The number of anilines is 11. The van der Waals surface area contributed by atoms with E-state index in [1.165, 1.54) is 45.9 Å². The van der Waals surface area contributed by atoms with Gasteiger partial charge < -0.3 is 99.0 Å². The third-order valence-electron chi connectivity index (χ3n) is 21.6. The molecule has 0 aliphatic carbocycles. The number of nitrogens with two attached hydrogens (primary N) is 11. The van der Waals surface area contributed by atoms with Crippen LogP contribution in [0.25, 0.3) is 168 Å². The summed E-state index contributed by atoms with van der Waals surface area (Å²) in [5.74, 6) is 1.35. The van der Waals surface area contributed by atoms with Gasteiger partial charge in [-0.3, -0.25) is 0 Å². The van der Waals surface area contributed by atoms with E-state index in [0.717, 1.165) is 51.4 Å². The van der Waals surface area contributed by atoms with Gasteiger partial charge in [0.2, 0.25) is 29.7 Å². The molecule has 22 aromatic rings. The molecule has 0 saturated heterocycles. The molecule has 0 bridgehead atoms. The molecular weight excluding hydrogens is 1810 g/mol. The lowest BCUT2D eigenvalue weighted by atomic mass is 10.0. The highest BCUT2D eigenvalue weighted by Crippen LogP contribution is 2.40. The minimum Gasteiger partial charge on any atom is -0.508 e. The molecule has 0 saturated carbocycles. The Morgan fingerprint density at radius 2 is 0.608 bits per heavy atom. The zero-order valence-corrected chi connectivity index (χ0v) is 75.9. The topological polar surface area (TPSA) is 729 Å². The van der Waals surface area contributed by atoms with Crippen molar-refractivity contribution in [1.82, 2.24) is 125 Å². The normalized spacial score (nSPS) is 10.9. The van der Waals surface area contributed by atoms with Gasteiger partial charge in [0, 0.05) is 57.6 Å². The van der Waals surface area contributed by atoms with Gasteiger partial charge in [0.05, 0.1) is 69.8 Å². The van der Waals surface area contributed by atoms with Crippen molar-refractivity contribution in [3.05, 3.63) is 283 Å². The smallest absolute Gasteiger partial charge is 0.224 e. The van der Waals surface area contributed by atoms with Crippen LogP contribution in [0.15, 0.2) is 249 Å². The van der Waals surface area contributed by atoms with Gasteiger partial charge in [-0.25, -0.2) is 69.8 Å². The Labute approximate surface area is 812 Å². The molecule has 22 rings (SSSR count). The maximum Gasteiger partial charge on any atom is 0.224 e. The molecule has 42 nitrogen and oxygen atoms in total. The highest BCUT2D eigenvalue weighted by atomic mass is 16.3. The number of aromatic nitrogens is 24. The summed E-state index contributed by atoms with van der Waals surface area (Å²) in [7, 11) is 0. The number of hydrogen-bond acceptors (Lipinski definition) is 42. The highest BCUT2D eigenvalue weighted by molar-refractivity contribution is 5.94. The van der Waals surface area contributed by atoms with Crippen LogP contribution in [0, 0.1) is 27.7 Å². The molecule has 0 unspecified atom stereocenters. The van der Waals surface area contributed by atoms with E-state index in [1.54, 1.807) is 123 Å². The van der Waals surface area contributed by atoms with Crippen molar-refractivity contribution in [3.8, 4) is 125 Å². The molecule has 12 heterocycles. The van der Waals surface area contributed by atoms with Crippen LogP contribution < -0.4 is 68.4 Å². The Kier molecular flexibility index (Phi) is 27.7. The van der Waals surface area contributed by atoms with Crippen molar-refractivity contribution in [3.63, 3.8) is 0 Å². The number of phenols is 6. The first-order valence-corrected chi connectivity index (χ1v) is 43.2. The van der Waals surface area contributed by atoms with E-state index in [1.807, 2.05) is 106 Å². The molecule has 0 aliphatic rings. The van der Waals surface area contributed by atoms with Crippen molar-refractivity contribution >= 4 is 142 Å². The van der Waals surface area contributed by atoms with E-state index < -0.39 is 0 Å². The average Bonchev–Trinajstić information content (AvgIpc) is 0.769. The summed E-state index contributed by atoms with van der Waals surface area (Å²) in [6.07, 6.45) is 6.35. The van der Waals surface area contributed by atoms with Crippen LogP contribution >= 0.6 is 0 Å². The quantitative estimate of drug-likeness (QED) is 0.0505. The number of fused-ring (bicyclic) bond motifs is 7. The van der Waals surface area contributed by atoms with Crippen LogP contribution in [0.5, 0.6) is 34.5 Å². The summed E-state index contributed by atoms with van der Waals surface area (Å²) in [4.78, 5) is 102. The predicted octanol–water partition coefficient (Wildman–Crippen LogP) is 13.8. The van der Waals surface area contributed by atoms with Crippen molar-refractivity contribution < 1.29 is 30.6 Å². The number of aromatic hydroxyl groups is 6. The predicted molar refractivity (Wildman–Crippen MR) is 553 cm³/mol. The standard InChI is InChI=1S/C19H16N6O3.C19H15N5O.C18H17N7.C18H14N6O2.2C13H12N6.CH4/c1-8-2-3-9(6-12(8)27)15-14(10-4-5-11(26)13(28)7-10)22-16-17(20)24-19(21)25-18(16)23-15;1-11-2-4-12(5-3-11)16-15(13-6-8-14(25)9-7-13)23-17-18(20)21-10-22-19(17)24-16;19-16-15-17(25-18(20)24-16)22-10-14(23-15)9-21-8-11-5-6-12-3-1-2-4-13(12)7-11;19-16-15-17(24-18(20)23-16)22-14(10-4-2-6-12(26)8-10)13(21-15)9-3-1-5-11(25)7-9;2*1-7-2-4-8(5-3-7)9-6-16-12-10(17-9)11(14)18-13(15)19-12;/h2-7,26-28H,1H3,(H4,20,21,23,24,25);2-10,25H,1H3,(H2,20,21,22,24);1-7,10,21H,8-9H2,(H4,19,20,22,24,25);1-8,25-26H,(H4,19,20,22,23,24);2*2-6H,1H3,(H4,14,15,16,18,19);1H4. The third-order valence-corrected chi connectivity index (χ3v) is 21.6. The second-order valence-electron chi connectivity index (χ2n) is 32.0. The Balaban J connectivity index is 0.000000124.